The van der Waals surface area contributed by atoms with Crippen molar-refractivity contribution in [2.24, 2.45) is 0 Å². The van der Waals surface area contributed by atoms with Crippen molar-refractivity contribution in [2.45, 2.75) is 29.2 Å². The molecule has 136 valence electrons. The number of nitrogen functional groups attached to an aromatic ring is 1. The van der Waals surface area contributed by atoms with E-state index >= 15 is 0 Å². The zero-order valence-electron chi connectivity index (χ0n) is 10.7. The highest BCUT2D eigenvalue weighted by Gasteiger charge is 2.82. The second-order valence-electron chi connectivity index (χ2n) is 4.62. The van der Waals surface area contributed by atoms with E-state index in [1.165, 1.54) is 0 Å². The van der Waals surface area contributed by atoms with Crippen molar-refractivity contribution < 1.29 is 37.5 Å². The normalized spacial score (nSPS) is 16.8. The summed E-state index contributed by atoms with van der Waals surface area (Å²) >= 11 is 10.5. The van der Waals surface area contributed by atoms with Crippen molar-refractivity contribution in [3.05, 3.63) is 22.2 Å². The third-order valence-electron chi connectivity index (χ3n) is 2.83. The summed E-state index contributed by atoms with van der Waals surface area (Å²) in [5.41, 5.74) is 4.51. The van der Waals surface area contributed by atoms with Gasteiger partial charge in [0.25, 0.3) is 0 Å². The number of hydrogen-bond acceptors (Lipinski definition) is 1. The van der Waals surface area contributed by atoms with Gasteiger partial charge in [0, 0.05) is 6.42 Å². The number of anilines is 1. The molecular weight excluding hydrogens is 408 g/mol. The molecule has 0 heterocycles. The van der Waals surface area contributed by atoms with Crippen LogP contribution in [0.4, 0.5) is 43.2 Å². The molecule has 0 aliphatic heterocycles. The van der Waals surface area contributed by atoms with Gasteiger partial charge in [-0.1, -0.05) is 23.2 Å². The Hall–Kier alpha value is -0.680. The molecule has 13 heteroatoms. The summed E-state index contributed by atoms with van der Waals surface area (Å²) in [5, 5.41) is -8.19. The monoisotopic (exact) mass is 415 g/mol. The van der Waals surface area contributed by atoms with Gasteiger partial charge >= 0.3 is 11.4 Å². The number of benzene rings is 1. The van der Waals surface area contributed by atoms with Crippen molar-refractivity contribution in [3.8, 4) is 0 Å². The van der Waals surface area contributed by atoms with E-state index in [9.17, 15) is 37.5 Å². The lowest BCUT2D eigenvalue weighted by molar-refractivity contribution is -0.145. The summed E-state index contributed by atoms with van der Waals surface area (Å²) in [6, 6.07) is -0.461. The predicted octanol–water partition coefficient (Wildman–Crippen LogP) is 7.28. The minimum Gasteiger partial charge on any atom is -0.396 e. The minimum absolute atomic E-state index is 0.230. The molecule has 1 aromatic carbocycles. The largest absolute Gasteiger partial charge is 0.396 e. The average molecular weight is 416 g/mol. The Balaban J connectivity index is 3.53. The molecule has 0 atom stereocenters. The first-order valence-corrected chi connectivity index (χ1v) is 8.31. The van der Waals surface area contributed by atoms with Crippen LogP contribution in [0.15, 0.2) is 17.0 Å². The first-order chi connectivity index (χ1) is 9.81. The van der Waals surface area contributed by atoms with Crippen molar-refractivity contribution in [3.63, 3.8) is 0 Å². The average Bonchev–Trinajstić information content (AvgIpc) is 2.30. The van der Waals surface area contributed by atoms with Crippen molar-refractivity contribution in [1.82, 2.24) is 0 Å². The van der Waals surface area contributed by atoms with E-state index in [1.807, 2.05) is 0 Å². The number of hydrogen-bond donors (Lipinski definition) is 1. The smallest absolute Gasteiger partial charge is 0.389 e. The molecule has 0 fully saturated rings. The molecule has 23 heavy (non-hydrogen) atoms. The Morgan fingerprint density at radius 2 is 1.26 bits per heavy atom. The van der Waals surface area contributed by atoms with Gasteiger partial charge in [0.15, 0.2) is 0 Å². The van der Waals surface area contributed by atoms with Crippen LogP contribution in [0.3, 0.4) is 0 Å². The molecule has 2 N–H and O–H groups in total. The minimum atomic E-state index is -10.5. The molecule has 0 radical (unpaired) electrons. The van der Waals surface area contributed by atoms with Gasteiger partial charge < -0.3 is 5.73 Å². The van der Waals surface area contributed by atoms with E-state index < -0.39 is 54.7 Å². The number of halogens is 11. The highest BCUT2D eigenvalue weighted by atomic mass is 35.5. The van der Waals surface area contributed by atoms with Crippen LogP contribution in [0.25, 0.3) is 0 Å². The zero-order chi connectivity index (χ0) is 18.5. The van der Waals surface area contributed by atoms with Gasteiger partial charge in [-0.2, -0.15) is 22.0 Å². The standard InChI is InChI=1S/C10H8Cl2F9NS/c11-6-3-5(4-7(12)8(6)22)23(18,19,20,21)10(16,17)2-1-9(13,14)15/h3-4H,1-2,22H2. The number of alkyl halides is 5. The number of nitrogens with two attached hydrogens (primary N) is 1. The zero-order valence-corrected chi connectivity index (χ0v) is 13.0. The summed E-state index contributed by atoms with van der Waals surface area (Å²) in [6.07, 6.45) is -10.7. The highest BCUT2D eigenvalue weighted by Crippen LogP contribution is 3.07. The van der Waals surface area contributed by atoms with Crippen LogP contribution < -0.4 is 5.73 Å². The molecule has 1 aromatic rings. The first kappa shape index (κ1) is 20.4. The molecule has 0 aliphatic carbocycles. The van der Waals surface area contributed by atoms with Crippen LogP contribution in [0, 0.1) is 0 Å². The van der Waals surface area contributed by atoms with E-state index in [-0.39, 0.29) is 12.1 Å². The summed E-state index contributed by atoms with van der Waals surface area (Å²) in [5.74, 6) is 0. The fourth-order valence-electron chi connectivity index (χ4n) is 1.46. The second kappa shape index (κ2) is 4.92. The second-order valence-corrected chi connectivity index (χ2v) is 8.64. The molecule has 0 aliphatic rings. The predicted molar refractivity (Wildman–Crippen MR) is 71.4 cm³/mol. The van der Waals surface area contributed by atoms with Crippen LogP contribution in [-0.2, 0) is 0 Å². The molecule has 1 nitrogen and oxygen atoms in total. The highest BCUT2D eigenvalue weighted by molar-refractivity contribution is 8.50. The molecule has 0 spiro atoms. The maximum atomic E-state index is 13.9. The van der Waals surface area contributed by atoms with E-state index in [0.717, 1.165) is 0 Å². The van der Waals surface area contributed by atoms with Crippen LogP contribution >= 0.6 is 33.0 Å². The Labute approximate surface area is 134 Å². The lowest BCUT2D eigenvalue weighted by atomic mass is 10.3. The van der Waals surface area contributed by atoms with E-state index in [0.29, 0.717) is 0 Å². The molecule has 0 aromatic heterocycles. The molecule has 0 unspecified atom stereocenters. The Bertz CT molecular complexity index is 614. The quantitative estimate of drug-likeness (QED) is 0.405. The van der Waals surface area contributed by atoms with Gasteiger partial charge in [0.05, 0.1) is 27.0 Å². The van der Waals surface area contributed by atoms with Gasteiger partial charge in [-0.25, -0.2) is 0 Å². The van der Waals surface area contributed by atoms with Gasteiger partial charge in [-0.05, 0) is 12.1 Å². The van der Waals surface area contributed by atoms with Crippen molar-refractivity contribution in [2.75, 3.05) is 5.73 Å². The summed E-state index contributed by atoms with van der Waals surface area (Å²) < 4.78 is 118. The third-order valence-corrected chi connectivity index (χ3v) is 6.04. The molecular formula is C10H8Cl2F9NS. The maximum Gasteiger partial charge on any atom is 0.389 e. The molecule has 1 rings (SSSR count). The van der Waals surface area contributed by atoms with Crippen molar-refractivity contribution >= 4 is 38.7 Å². The fraction of sp³-hybridized carbons (Fsp3) is 0.400. The third kappa shape index (κ3) is 3.55. The van der Waals surface area contributed by atoms with E-state index in [1.54, 1.807) is 0 Å². The van der Waals surface area contributed by atoms with Crippen LogP contribution in [0.2, 0.25) is 10.0 Å². The summed E-state index contributed by atoms with van der Waals surface area (Å²) in [7, 11) is -10.5. The molecule has 0 amide bonds. The molecule has 0 saturated heterocycles. The van der Waals surface area contributed by atoms with Gasteiger partial charge in [0.1, 0.15) is 0 Å². The van der Waals surface area contributed by atoms with Gasteiger partial charge in [-0.3, -0.25) is 0 Å². The fourth-order valence-corrected chi connectivity index (χ4v) is 3.65. The van der Waals surface area contributed by atoms with Crippen LogP contribution in [0.5, 0.6) is 0 Å². The molecule has 0 saturated carbocycles. The number of rotatable bonds is 4. The van der Waals surface area contributed by atoms with Crippen LogP contribution in [-0.4, -0.2) is 11.4 Å². The Kier molecular flexibility index (Phi) is 4.35. The topological polar surface area (TPSA) is 26.0 Å². The Morgan fingerprint density at radius 3 is 1.61 bits per heavy atom. The Morgan fingerprint density at radius 1 is 0.870 bits per heavy atom. The lowest BCUT2D eigenvalue weighted by Crippen LogP contribution is -2.37. The maximum absolute atomic E-state index is 13.9. The van der Waals surface area contributed by atoms with Crippen molar-refractivity contribution in [1.29, 1.82) is 0 Å². The molecule has 0 bridgehead atoms. The first-order valence-electron chi connectivity index (χ1n) is 5.50. The van der Waals surface area contributed by atoms with E-state index in [2.05, 4.69) is 0 Å². The summed E-state index contributed by atoms with van der Waals surface area (Å²) in [4.78, 5) is -2.55. The van der Waals surface area contributed by atoms with Crippen LogP contribution in [0.1, 0.15) is 12.8 Å². The van der Waals surface area contributed by atoms with Gasteiger partial charge in [-0.15, -0.1) is 15.5 Å². The van der Waals surface area contributed by atoms with E-state index in [4.69, 9.17) is 28.9 Å². The lowest BCUT2D eigenvalue weighted by Gasteiger charge is -2.54. The SMILES string of the molecule is Nc1c(Cl)cc(S(F)(F)(F)(F)C(F)(F)CCC(F)(F)F)cc1Cl. The summed E-state index contributed by atoms with van der Waals surface area (Å²) in [6.45, 7) is 0. The van der Waals surface area contributed by atoms with Gasteiger partial charge in [0.2, 0.25) is 9.84 Å².